The van der Waals surface area contributed by atoms with Crippen molar-refractivity contribution in [2.45, 2.75) is 32.6 Å². The molecule has 0 aromatic heterocycles. The van der Waals surface area contributed by atoms with Gasteiger partial charge in [0.2, 0.25) is 0 Å². The van der Waals surface area contributed by atoms with Crippen LogP contribution in [0.5, 0.6) is 0 Å². The summed E-state index contributed by atoms with van der Waals surface area (Å²) in [5, 5.41) is 0. The van der Waals surface area contributed by atoms with Gasteiger partial charge in [0, 0.05) is 14.2 Å². The van der Waals surface area contributed by atoms with E-state index in [9.17, 15) is 9.18 Å². The first-order valence-electron chi connectivity index (χ1n) is 8.99. The second kappa shape index (κ2) is 20.1. The van der Waals surface area contributed by atoms with Gasteiger partial charge in [-0.15, -0.1) is 0 Å². The molecule has 0 heterocycles. The number of ether oxygens (including phenoxy) is 2. The van der Waals surface area contributed by atoms with Gasteiger partial charge >= 0.3 is 5.97 Å². The molecular formula is C23H35FO3. The number of allylic oxidation sites excluding steroid dienone is 9. The Kier molecular flexibility index (Phi) is 20.1. The van der Waals surface area contributed by atoms with E-state index >= 15 is 0 Å². The Morgan fingerprint density at radius 2 is 1.59 bits per heavy atom. The molecule has 1 fully saturated rings. The van der Waals surface area contributed by atoms with Crippen molar-refractivity contribution in [3.05, 3.63) is 73.7 Å². The minimum atomic E-state index is -0.0472. The second-order valence-corrected chi connectivity index (χ2v) is 6.07. The largest absolute Gasteiger partial charge is 0.469 e. The van der Waals surface area contributed by atoms with E-state index in [1.807, 2.05) is 19.1 Å². The van der Waals surface area contributed by atoms with Crippen LogP contribution in [0.2, 0.25) is 0 Å². The topological polar surface area (TPSA) is 35.5 Å². The highest BCUT2D eigenvalue weighted by molar-refractivity contribution is 5.72. The predicted molar refractivity (Wildman–Crippen MR) is 113 cm³/mol. The van der Waals surface area contributed by atoms with E-state index in [4.69, 9.17) is 4.74 Å². The van der Waals surface area contributed by atoms with E-state index in [0.29, 0.717) is 12.2 Å². The third-order valence-electron chi connectivity index (χ3n) is 3.61. The van der Waals surface area contributed by atoms with Gasteiger partial charge in [-0.2, -0.15) is 0 Å². The lowest BCUT2D eigenvalue weighted by Gasteiger charge is -2.24. The number of esters is 1. The summed E-state index contributed by atoms with van der Waals surface area (Å²) < 4.78 is 20.2. The maximum Gasteiger partial charge on any atom is 0.308 e. The molecular weight excluding hydrogens is 343 g/mol. The highest BCUT2D eigenvalue weighted by Crippen LogP contribution is 2.30. The molecule has 0 unspecified atom stereocenters. The summed E-state index contributed by atoms with van der Waals surface area (Å²) in [7, 11) is 4.72. The molecule has 3 nitrogen and oxygen atoms in total. The molecule has 0 atom stereocenters. The lowest BCUT2D eigenvalue weighted by atomic mass is 9.82. The Labute approximate surface area is 164 Å². The summed E-state index contributed by atoms with van der Waals surface area (Å²) in [6.45, 7) is 9.05. The minimum Gasteiger partial charge on any atom is -0.469 e. The fourth-order valence-electron chi connectivity index (χ4n) is 2.34. The molecule has 0 radical (unpaired) electrons. The fourth-order valence-corrected chi connectivity index (χ4v) is 2.34. The lowest BCUT2D eigenvalue weighted by molar-refractivity contribution is -0.146. The zero-order valence-electron chi connectivity index (χ0n) is 17.2. The average molecular weight is 379 g/mol. The molecule has 0 aliphatic heterocycles. The quantitative estimate of drug-likeness (QED) is 0.412. The van der Waals surface area contributed by atoms with Gasteiger partial charge in [-0.25, -0.2) is 4.39 Å². The lowest BCUT2D eigenvalue weighted by Crippen LogP contribution is -2.22. The van der Waals surface area contributed by atoms with Crippen molar-refractivity contribution in [3.8, 4) is 0 Å². The fraction of sp³-hybridized carbons (Fsp3) is 0.435. The van der Waals surface area contributed by atoms with Crippen LogP contribution in [-0.4, -0.2) is 27.3 Å². The third-order valence-corrected chi connectivity index (χ3v) is 3.61. The first-order chi connectivity index (χ1) is 13.0. The predicted octanol–water partition coefficient (Wildman–Crippen LogP) is 6.13. The first kappa shape index (κ1) is 27.0. The van der Waals surface area contributed by atoms with Crippen molar-refractivity contribution in [3.63, 3.8) is 0 Å². The van der Waals surface area contributed by atoms with Crippen LogP contribution in [0.25, 0.3) is 0 Å². The average Bonchev–Trinajstić information content (AvgIpc) is 2.66. The molecule has 27 heavy (non-hydrogen) atoms. The monoisotopic (exact) mass is 378 g/mol. The number of hydrogen-bond donors (Lipinski definition) is 0. The van der Waals surface area contributed by atoms with Gasteiger partial charge in [0.15, 0.2) is 0 Å². The van der Waals surface area contributed by atoms with Crippen molar-refractivity contribution in [1.29, 1.82) is 0 Å². The van der Waals surface area contributed by atoms with Gasteiger partial charge in [0.05, 0.1) is 19.4 Å². The Morgan fingerprint density at radius 3 is 2.04 bits per heavy atom. The SMILES string of the molecule is C=C(C)/C=C\C=C\F.C=C/C=C\C=C\C1CCC(C(=O)OC)CC1.COC. The number of halogens is 1. The molecule has 1 aliphatic carbocycles. The van der Waals surface area contributed by atoms with E-state index in [1.165, 1.54) is 13.2 Å². The Bertz CT molecular complexity index is 508. The number of hydrogen-bond acceptors (Lipinski definition) is 3. The summed E-state index contributed by atoms with van der Waals surface area (Å²) in [6, 6.07) is 0. The highest BCUT2D eigenvalue weighted by atomic mass is 19.1. The van der Waals surface area contributed by atoms with Gasteiger partial charge in [0.25, 0.3) is 0 Å². The summed E-state index contributed by atoms with van der Waals surface area (Å²) >= 11 is 0. The van der Waals surface area contributed by atoms with Gasteiger partial charge < -0.3 is 9.47 Å². The van der Waals surface area contributed by atoms with Gasteiger partial charge in [0.1, 0.15) is 0 Å². The van der Waals surface area contributed by atoms with Crippen molar-refractivity contribution >= 4 is 5.97 Å². The zero-order valence-corrected chi connectivity index (χ0v) is 17.2. The molecule has 0 aromatic rings. The third kappa shape index (κ3) is 18.4. The molecule has 0 N–H and O–H groups in total. The molecule has 1 aliphatic rings. The van der Waals surface area contributed by atoms with Crippen LogP contribution in [-0.2, 0) is 14.3 Å². The van der Waals surface area contributed by atoms with Crippen LogP contribution in [0.3, 0.4) is 0 Å². The van der Waals surface area contributed by atoms with E-state index < -0.39 is 0 Å². The van der Waals surface area contributed by atoms with Crippen molar-refractivity contribution in [2.75, 3.05) is 21.3 Å². The van der Waals surface area contributed by atoms with Crippen molar-refractivity contribution in [2.24, 2.45) is 11.8 Å². The first-order valence-corrected chi connectivity index (χ1v) is 8.99. The molecule has 152 valence electrons. The van der Waals surface area contributed by atoms with Crippen molar-refractivity contribution < 1.29 is 18.7 Å². The van der Waals surface area contributed by atoms with E-state index in [1.54, 1.807) is 32.4 Å². The van der Waals surface area contributed by atoms with Gasteiger partial charge in [-0.1, -0.05) is 61.3 Å². The maximum absolute atomic E-state index is 11.3. The maximum atomic E-state index is 11.3. The molecule has 1 rings (SSSR count). The summed E-state index contributed by atoms with van der Waals surface area (Å²) in [4.78, 5) is 11.3. The van der Waals surface area contributed by atoms with Gasteiger partial charge in [-0.05, 0) is 44.6 Å². The Hall–Kier alpha value is -2.20. The van der Waals surface area contributed by atoms with Crippen molar-refractivity contribution in [1.82, 2.24) is 0 Å². The summed E-state index contributed by atoms with van der Waals surface area (Å²) in [5.41, 5.74) is 0.920. The molecule has 0 saturated heterocycles. The number of carbonyl (C=O) groups is 1. The van der Waals surface area contributed by atoms with Crippen LogP contribution in [0.1, 0.15) is 32.6 Å². The Morgan fingerprint density at radius 1 is 1.00 bits per heavy atom. The zero-order chi connectivity index (χ0) is 20.9. The van der Waals surface area contributed by atoms with Crippen LogP contribution < -0.4 is 0 Å². The van der Waals surface area contributed by atoms with Crippen LogP contribution in [0.15, 0.2) is 73.7 Å². The molecule has 0 bridgehead atoms. The smallest absolute Gasteiger partial charge is 0.308 e. The highest BCUT2D eigenvalue weighted by Gasteiger charge is 2.25. The number of methoxy groups -OCH3 is 2. The minimum absolute atomic E-state index is 0.0472. The number of carbonyl (C=O) groups excluding carboxylic acids is 1. The summed E-state index contributed by atoms with van der Waals surface area (Å²) in [5.74, 6) is 0.683. The van der Waals surface area contributed by atoms with E-state index in [2.05, 4.69) is 30.0 Å². The van der Waals surface area contributed by atoms with Crippen LogP contribution in [0, 0.1) is 11.8 Å². The van der Waals surface area contributed by atoms with Gasteiger partial charge in [-0.3, -0.25) is 4.79 Å². The Balaban J connectivity index is 0. The standard InChI is InChI=1S/C14H20O2.C7H9F.C2H6O/c1-3-4-5-6-7-12-8-10-13(11-9-12)14(15)16-2;1-7(2)5-3-4-6-8;1-3-2/h3-7,12-13H,1,8-11H2,2H3;3-6H,1H2,2H3;1-2H3/b5-4-,7-6+;5-3-,6-4+;. The van der Waals surface area contributed by atoms with E-state index in [-0.39, 0.29) is 11.9 Å². The van der Waals surface area contributed by atoms with Crippen LogP contribution >= 0.6 is 0 Å². The summed E-state index contributed by atoms with van der Waals surface area (Å²) in [6.07, 6.45) is 19.1. The second-order valence-electron chi connectivity index (χ2n) is 6.07. The number of rotatable bonds is 6. The molecule has 4 heteroatoms. The molecule has 0 aromatic carbocycles. The molecule has 1 saturated carbocycles. The van der Waals surface area contributed by atoms with E-state index in [0.717, 1.165) is 31.3 Å². The molecule has 0 amide bonds. The normalized spacial score (nSPS) is 19.4. The van der Waals surface area contributed by atoms with Crippen LogP contribution in [0.4, 0.5) is 4.39 Å². The molecule has 0 spiro atoms.